The van der Waals surface area contributed by atoms with Crippen molar-refractivity contribution in [2.75, 3.05) is 7.11 Å². The highest BCUT2D eigenvalue weighted by Crippen LogP contribution is 2.23. The van der Waals surface area contributed by atoms with Gasteiger partial charge in [0.25, 0.3) is 0 Å². The number of hydrogen-bond acceptors (Lipinski definition) is 1. The summed E-state index contributed by atoms with van der Waals surface area (Å²) >= 11 is 0. The monoisotopic (exact) mass is 334 g/mol. The van der Waals surface area contributed by atoms with Gasteiger partial charge in [-0.15, -0.1) is 0 Å². The van der Waals surface area contributed by atoms with Crippen LogP contribution in [0.3, 0.4) is 0 Å². The molecule has 3 aromatic rings. The zero-order chi connectivity index (χ0) is 17.6. The fourth-order valence-corrected chi connectivity index (χ4v) is 2.93. The minimum atomic E-state index is -0.134. The Morgan fingerprint density at radius 2 is 1.40 bits per heavy atom. The van der Waals surface area contributed by atoms with Crippen molar-refractivity contribution in [2.45, 2.75) is 26.2 Å². The highest BCUT2D eigenvalue weighted by atomic mass is 19.1. The van der Waals surface area contributed by atoms with Gasteiger partial charge in [0.15, 0.2) is 0 Å². The topological polar surface area (TPSA) is 9.23 Å². The molecule has 0 saturated carbocycles. The van der Waals surface area contributed by atoms with E-state index < -0.39 is 0 Å². The Morgan fingerprint density at radius 3 is 2.00 bits per heavy atom. The van der Waals surface area contributed by atoms with Crippen molar-refractivity contribution < 1.29 is 9.13 Å². The molecule has 3 aromatic carbocycles. The van der Waals surface area contributed by atoms with E-state index in [4.69, 9.17) is 4.74 Å². The molecule has 0 heterocycles. The zero-order valence-electron chi connectivity index (χ0n) is 14.8. The van der Waals surface area contributed by atoms with Crippen LogP contribution in [0.4, 0.5) is 4.39 Å². The van der Waals surface area contributed by atoms with Crippen molar-refractivity contribution in [1.29, 1.82) is 0 Å². The Hall–Kier alpha value is -2.61. The number of aryl methyl sites for hydroxylation is 3. The largest absolute Gasteiger partial charge is 0.497 e. The fraction of sp³-hybridized carbons (Fsp3) is 0.217. The summed E-state index contributed by atoms with van der Waals surface area (Å²) in [5.74, 6) is 0.707. The molecule has 0 aromatic heterocycles. The van der Waals surface area contributed by atoms with Crippen molar-refractivity contribution in [1.82, 2.24) is 0 Å². The Labute approximate surface area is 149 Å². The Morgan fingerprint density at radius 1 is 0.760 bits per heavy atom. The van der Waals surface area contributed by atoms with E-state index >= 15 is 0 Å². The molecular formula is C23H23FO. The van der Waals surface area contributed by atoms with Crippen LogP contribution >= 0.6 is 0 Å². The lowest BCUT2D eigenvalue weighted by atomic mass is 9.99. The molecule has 0 fully saturated rings. The minimum absolute atomic E-state index is 0.134. The maximum atomic E-state index is 14.5. The number of halogens is 1. The Kier molecular flexibility index (Phi) is 5.49. The van der Waals surface area contributed by atoms with Crippen LogP contribution in [-0.4, -0.2) is 7.11 Å². The van der Waals surface area contributed by atoms with E-state index in [1.807, 2.05) is 36.4 Å². The second kappa shape index (κ2) is 7.98. The average Bonchev–Trinajstić information content (AvgIpc) is 2.67. The third-order valence-corrected chi connectivity index (χ3v) is 4.59. The van der Waals surface area contributed by atoms with Gasteiger partial charge in [0.1, 0.15) is 11.6 Å². The molecular weight excluding hydrogens is 311 g/mol. The molecule has 128 valence electrons. The molecule has 0 N–H and O–H groups in total. The molecule has 0 spiro atoms. The summed E-state index contributed by atoms with van der Waals surface area (Å²) < 4.78 is 19.6. The van der Waals surface area contributed by atoms with E-state index in [9.17, 15) is 4.39 Å². The molecule has 0 atom stereocenters. The van der Waals surface area contributed by atoms with Gasteiger partial charge < -0.3 is 4.74 Å². The molecule has 0 unspecified atom stereocenters. The van der Waals surface area contributed by atoms with Crippen LogP contribution in [0.1, 0.15) is 23.6 Å². The van der Waals surface area contributed by atoms with Crippen molar-refractivity contribution >= 4 is 0 Å². The van der Waals surface area contributed by atoms with Gasteiger partial charge in [0.05, 0.1) is 7.11 Å². The molecule has 0 aliphatic rings. The predicted octanol–water partition coefficient (Wildman–Crippen LogP) is 5.85. The summed E-state index contributed by atoms with van der Waals surface area (Å²) in [4.78, 5) is 0. The second-order valence-electron chi connectivity index (χ2n) is 6.20. The third-order valence-electron chi connectivity index (χ3n) is 4.59. The molecule has 0 bridgehead atoms. The number of hydrogen-bond donors (Lipinski definition) is 0. The van der Waals surface area contributed by atoms with E-state index in [1.165, 1.54) is 11.1 Å². The molecule has 0 amide bonds. The lowest BCUT2D eigenvalue weighted by Crippen LogP contribution is -1.96. The molecule has 1 nitrogen and oxygen atoms in total. The predicted molar refractivity (Wildman–Crippen MR) is 102 cm³/mol. The molecule has 0 saturated heterocycles. The van der Waals surface area contributed by atoms with Crippen LogP contribution in [0.2, 0.25) is 0 Å². The maximum absolute atomic E-state index is 14.5. The van der Waals surface area contributed by atoms with E-state index in [1.54, 1.807) is 13.2 Å². The van der Waals surface area contributed by atoms with Crippen molar-refractivity contribution in [2.24, 2.45) is 0 Å². The van der Waals surface area contributed by atoms with Gasteiger partial charge in [-0.25, -0.2) is 4.39 Å². The molecule has 3 rings (SSSR count). The smallest absolute Gasteiger partial charge is 0.127 e. The summed E-state index contributed by atoms with van der Waals surface area (Å²) in [6.45, 7) is 2.13. The van der Waals surface area contributed by atoms with Crippen LogP contribution < -0.4 is 4.74 Å². The molecule has 25 heavy (non-hydrogen) atoms. The molecule has 0 aliphatic carbocycles. The van der Waals surface area contributed by atoms with Crippen LogP contribution in [0, 0.1) is 5.82 Å². The highest BCUT2D eigenvalue weighted by Gasteiger charge is 2.06. The third kappa shape index (κ3) is 4.27. The summed E-state index contributed by atoms with van der Waals surface area (Å²) in [6.07, 6.45) is 2.51. The maximum Gasteiger partial charge on any atom is 0.127 e. The fourth-order valence-electron chi connectivity index (χ4n) is 2.93. The molecule has 2 heteroatoms. The van der Waals surface area contributed by atoms with Crippen LogP contribution in [0.25, 0.3) is 11.1 Å². The van der Waals surface area contributed by atoms with Crippen molar-refractivity contribution in [3.8, 4) is 16.9 Å². The highest BCUT2D eigenvalue weighted by molar-refractivity contribution is 5.64. The first kappa shape index (κ1) is 17.2. The normalized spacial score (nSPS) is 10.7. The molecule has 0 radical (unpaired) electrons. The first-order chi connectivity index (χ1) is 12.2. The Balaban J connectivity index is 1.70. The first-order valence-corrected chi connectivity index (χ1v) is 8.70. The van der Waals surface area contributed by atoms with Gasteiger partial charge in [-0.1, -0.05) is 55.5 Å². The first-order valence-electron chi connectivity index (χ1n) is 8.70. The van der Waals surface area contributed by atoms with Gasteiger partial charge in [0, 0.05) is 0 Å². The SMILES string of the molecule is CCc1ccc(-c2ccc(CCc3ccc(OC)cc3)c(F)c2)cc1. The number of methoxy groups -OCH3 is 1. The Bertz CT molecular complexity index is 820. The van der Waals surface area contributed by atoms with Crippen molar-refractivity contribution in [3.05, 3.63) is 89.2 Å². The number of rotatable bonds is 6. The van der Waals surface area contributed by atoms with E-state index in [-0.39, 0.29) is 5.82 Å². The van der Waals surface area contributed by atoms with Gasteiger partial charge in [-0.05, 0) is 65.3 Å². The van der Waals surface area contributed by atoms with Gasteiger partial charge in [-0.3, -0.25) is 0 Å². The van der Waals surface area contributed by atoms with Crippen LogP contribution in [0.5, 0.6) is 5.75 Å². The van der Waals surface area contributed by atoms with E-state index in [2.05, 4.69) is 31.2 Å². The average molecular weight is 334 g/mol. The number of ether oxygens (including phenoxy) is 1. The molecule has 0 aliphatic heterocycles. The van der Waals surface area contributed by atoms with Gasteiger partial charge >= 0.3 is 0 Å². The summed E-state index contributed by atoms with van der Waals surface area (Å²) in [5, 5.41) is 0. The standard InChI is InChI=1S/C23H23FO/c1-3-17-4-9-19(10-5-17)21-13-12-20(23(24)16-21)11-6-18-7-14-22(25-2)15-8-18/h4-5,7-10,12-16H,3,6,11H2,1-2H3. The summed E-state index contributed by atoms with van der Waals surface area (Å²) in [7, 11) is 1.65. The van der Waals surface area contributed by atoms with Crippen LogP contribution in [-0.2, 0) is 19.3 Å². The van der Waals surface area contributed by atoms with Crippen LogP contribution in [0.15, 0.2) is 66.7 Å². The minimum Gasteiger partial charge on any atom is -0.497 e. The van der Waals surface area contributed by atoms with Crippen molar-refractivity contribution in [3.63, 3.8) is 0 Å². The quantitative estimate of drug-likeness (QED) is 0.549. The lowest BCUT2D eigenvalue weighted by molar-refractivity contribution is 0.414. The van der Waals surface area contributed by atoms with E-state index in [0.717, 1.165) is 35.3 Å². The second-order valence-corrected chi connectivity index (χ2v) is 6.20. The lowest BCUT2D eigenvalue weighted by Gasteiger charge is -2.08. The van der Waals surface area contributed by atoms with E-state index in [0.29, 0.717) is 6.42 Å². The summed E-state index contributed by atoms with van der Waals surface area (Å²) in [5.41, 5.74) is 5.20. The zero-order valence-corrected chi connectivity index (χ0v) is 14.8. The van der Waals surface area contributed by atoms with Gasteiger partial charge in [0.2, 0.25) is 0 Å². The summed E-state index contributed by atoms with van der Waals surface area (Å²) in [6, 6.07) is 21.8. The number of benzene rings is 3. The van der Waals surface area contributed by atoms with Gasteiger partial charge in [-0.2, -0.15) is 0 Å².